The average Bonchev–Trinajstić information content (AvgIpc) is 2.88. The van der Waals surface area contributed by atoms with E-state index < -0.39 is 6.17 Å². The van der Waals surface area contributed by atoms with Crippen molar-refractivity contribution in [3.63, 3.8) is 0 Å². The van der Waals surface area contributed by atoms with Gasteiger partial charge in [-0.3, -0.25) is 9.48 Å². The molecule has 0 spiro atoms. The molecular weight excluding hydrogens is 319 g/mol. The third-order valence-corrected chi connectivity index (χ3v) is 5.09. The number of hydrogen-bond acceptors (Lipinski definition) is 2. The van der Waals surface area contributed by atoms with Crippen LogP contribution >= 0.6 is 0 Å². The van der Waals surface area contributed by atoms with E-state index in [1.807, 2.05) is 31.2 Å². The molecular formula is C20H21FN2O2. The van der Waals surface area contributed by atoms with Gasteiger partial charge in [-0.1, -0.05) is 24.3 Å². The Kier molecular flexibility index (Phi) is 3.86. The van der Waals surface area contributed by atoms with E-state index in [9.17, 15) is 14.3 Å². The van der Waals surface area contributed by atoms with E-state index in [4.69, 9.17) is 0 Å². The molecule has 0 saturated carbocycles. The van der Waals surface area contributed by atoms with Crippen LogP contribution in [0, 0.1) is 6.92 Å². The lowest BCUT2D eigenvalue weighted by molar-refractivity contribution is 0.305. The van der Waals surface area contributed by atoms with Gasteiger partial charge in [0.1, 0.15) is 11.7 Å². The van der Waals surface area contributed by atoms with Crippen molar-refractivity contribution in [2.45, 2.75) is 45.4 Å². The summed E-state index contributed by atoms with van der Waals surface area (Å²) in [5, 5.41) is 10.6. The Bertz CT molecular complexity index is 949. The molecule has 4 rings (SSSR count). The second-order valence-corrected chi connectivity index (χ2v) is 6.76. The van der Waals surface area contributed by atoms with Crippen molar-refractivity contribution < 1.29 is 9.50 Å². The van der Waals surface area contributed by atoms with Crippen molar-refractivity contribution in [3.05, 3.63) is 57.9 Å². The molecule has 5 heteroatoms. The highest BCUT2D eigenvalue weighted by Crippen LogP contribution is 2.33. The SMILES string of the molecule is Cc1ccc(C2=CCC(F)C=C2)cc1-c1c(O)n2n(c1=O)CCCC2. The van der Waals surface area contributed by atoms with Crippen molar-refractivity contribution in [1.82, 2.24) is 9.36 Å². The van der Waals surface area contributed by atoms with Crippen LogP contribution in [0.2, 0.25) is 0 Å². The van der Waals surface area contributed by atoms with Crippen LogP contribution in [0.3, 0.4) is 0 Å². The number of aryl methyl sites for hydroxylation is 1. The van der Waals surface area contributed by atoms with Gasteiger partial charge in [-0.05, 0) is 54.2 Å². The second-order valence-electron chi connectivity index (χ2n) is 6.76. The Morgan fingerprint density at radius 2 is 1.96 bits per heavy atom. The summed E-state index contributed by atoms with van der Waals surface area (Å²) in [7, 11) is 0. The van der Waals surface area contributed by atoms with Gasteiger partial charge in [0.15, 0.2) is 0 Å². The Morgan fingerprint density at radius 3 is 2.64 bits per heavy atom. The number of aromatic hydroxyl groups is 1. The predicted molar refractivity (Wildman–Crippen MR) is 96.4 cm³/mol. The van der Waals surface area contributed by atoms with Crippen LogP contribution in [0.1, 0.15) is 30.4 Å². The number of allylic oxidation sites excluding steroid dienone is 4. The van der Waals surface area contributed by atoms with E-state index in [0.29, 0.717) is 25.1 Å². The first-order valence-electron chi connectivity index (χ1n) is 8.72. The monoisotopic (exact) mass is 340 g/mol. The largest absolute Gasteiger partial charge is 0.493 e. The quantitative estimate of drug-likeness (QED) is 0.904. The topological polar surface area (TPSA) is 47.2 Å². The molecule has 1 aromatic heterocycles. The molecule has 1 aromatic carbocycles. The minimum atomic E-state index is -0.930. The van der Waals surface area contributed by atoms with E-state index in [-0.39, 0.29) is 11.4 Å². The van der Waals surface area contributed by atoms with Gasteiger partial charge in [0.25, 0.3) is 5.56 Å². The van der Waals surface area contributed by atoms with Crippen LogP contribution in [0.4, 0.5) is 4.39 Å². The molecule has 0 radical (unpaired) electrons. The lowest BCUT2D eigenvalue weighted by Crippen LogP contribution is -2.27. The molecule has 1 N–H and O–H groups in total. The van der Waals surface area contributed by atoms with E-state index in [1.165, 1.54) is 0 Å². The van der Waals surface area contributed by atoms with Crippen LogP contribution in [0.25, 0.3) is 16.7 Å². The zero-order chi connectivity index (χ0) is 17.6. The lowest BCUT2D eigenvalue weighted by Gasteiger charge is -2.16. The number of fused-ring (bicyclic) bond motifs is 1. The van der Waals surface area contributed by atoms with E-state index in [2.05, 4.69) is 0 Å². The highest BCUT2D eigenvalue weighted by Gasteiger charge is 2.24. The summed E-state index contributed by atoms with van der Waals surface area (Å²) >= 11 is 0. The third-order valence-electron chi connectivity index (χ3n) is 5.09. The lowest BCUT2D eigenvalue weighted by atomic mass is 9.93. The molecule has 2 aliphatic rings. The number of alkyl halides is 1. The molecule has 25 heavy (non-hydrogen) atoms. The first-order valence-corrected chi connectivity index (χ1v) is 8.72. The van der Waals surface area contributed by atoms with Gasteiger partial charge < -0.3 is 5.11 Å². The van der Waals surface area contributed by atoms with Gasteiger partial charge >= 0.3 is 0 Å². The molecule has 1 atom stereocenters. The predicted octanol–water partition coefficient (Wildman–Crippen LogP) is 3.81. The van der Waals surface area contributed by atoms with Gasteiger partial charge in [0, 0.05) is 19.5 Å². The number of hydrogen-bond donors (Lipinski definition) is 1. The van der Waals surface area contributed by atoms with Gasteiger partial charge in [0.05, 0.1) is 0 Å². The van der Waals surface area contributed by atoms with Crippen LogP contribution < -0.4 is 5.56 Å². The van der Waals surface area contributed by atoms with Gasteiger partial charge in [-0.2, -0.15) is 0 Å². The molecule has 4 nitrogen and oxygen atoms in total. The Balaban J connectivity index is 1.84. The highest BCUT2D eigenvalue weighted by molar-refractivity contribution is 5.80. The van der Waals surface area contributed by atoms with Crippen molar-refractivity contribution >= 4 is 5.57 Å². The molecule has 130 valence electrons. The summed E-state index contributed by atoms with van der Waals surface area (Å²) in [6.07, 6.45) is 6.55. The third kappa shape index (κ3) is 2.64. The Labute approximate surface area is 145 Å². The summed E-state index contributed by atoms with van der Waals surface area (Å²) in [6.45, 7) is 3.23. The van der Waals surface area contributed by atoms with Gasteiger partial charge in [0.2, 0.25) is 5.88 Å². The highest BCUT2D eigenvalue weighted by atomic mass is 19.1. The molecule has 0 saturated heterocycles. The Morgan fingerprint density at radius 1 is 1.20 bits per heavy atom. The fourth-order valence-corrected chi connectivity index (χ4v) is 3.66. The number of rotatable bonds is 2. The Hall–Kier alpha value is -2.56. The summed E-state index contributed by atoms with van der Waals surface area (Å²) < 4.78 is 16.6. The van der Waals surface area contributed by atoms with Crippen LogP contribution in [0.5, 0.6) is 5.88 Å². The maximum Gasteiger partial charge on any atom is 0.278 e. The first kappa shape index (κ1) is 15.9. The molecule has 1 aliphatic carbocycles. The summed E-state index contributed by atoms with van der Waals surface area (Å²) in [5.74, 6) is 0.0435. The maximum atomic E-state index is 13.3. The molecule has 2 heterocycles. The van der Waals surface area contributed by atoms with Crippen LogP contribution in [-0.4, -0.2) is 20.6 Å². The van der Waals surface area contributed by atoms with Crippen molar-refractivity contribution in [1.29, 1.82) is 0 Å². The molecule has 2 aromatic rings. The van der Waals surface area contributed by atoms with Crippen molar-refractivity contribution in [2.24, 2.45) is 0 Å². The van der Waals surface area contributed by atoms with Crippen LogP contribution in [0.15, 0.2) is 41.2 Å². The van der Waals surface area contributed by atoms with E-state index in [0.717, 1.165) is 35.1 Å². The maximum absolute atomic E-state index is 13.3. The number of aromatic nitrogens is 2. The van der Waals surface area contributed by atoms with Crippen molar-refractivity contribution in [3.8, 4) is 17.0 Å². The molecule has 0 bridgehead atoms. The zero-order valence-corrected chi connectivity index (χ0v) is 14.2. The summed E-state index contributed by atoms with van der Waals surface area (Å²) in [5.41, 5.74) is 3.77. The fraction of sp³-hybridized carbons (Fsp3) is 0.350. The first-order chi connectivity index (χ1) is 12.1. The molecule has 0 amide bonds. The minimum Gasteiger partial charge on any atom is -0.493 e. The number of halogens is 1. The average molecular weight is 340 g/mol. The smallest absolute Gasteiger partial charge is 0.278 e. The number of nitrogens with zero attached hydrogens (tertiary/aromatic N) is 2. The van der Waals surface area contributed by atoms with E-state index >= 15 is 0 Å². The fourth-order valence-electron chi connectivity index (χ4n) is 3.66. The second kappa shape index (κ2) is 6.06. The normalized spacial score (nSPS) is 19.6. The summed E-state index contributed by atoms with van der Waals surface area (Å²) in [6, 6.07) is 5.84. The molecule has 0 fully saturated rings. The molecule has 1 unspecified atom stereocenters. The van der Waals surface area contributed by atoms with E-state index in [1.54, 1.807) is 21.5 Å². The van der Waals surface area contributed by atoms with Gasteiger partial charge in [-0.25, -0.2) is 9.07 Å². The summed E-state index contributed by atoms with van der Waals surface area (Å²) in [4.78, 5) is 12.8. The minimum absolute atomic E-state index is 0.0435. The van der Waals surface area contributed by atoms with Crippen LogP contribution in [-0.2, 0) is 13.1 Å². The standard InChI is InChI=1S/C20H21FN2O2/c1-13-4-5-15(14-6-8-16(21)9-7-14)12-17(13)18-19(24)22-10-2-3-11-23(22)20(18)25/h4-8,12,16,24H,2-3,9-11H2,1H3. The van der Waals surface area contributed by atoms with Crippen molar-refractivity contribution in [2.75, 3.05) is 0 Å². The molecule has 1 aliphatic heterocycles. The zero-order valence-electron chi connectivity index (χ0n) is 14.2. The number of benzene rings is 1. The van der Waals surface area contributed by atoms with Gasteiger partial charge in [-0.15, -0.1) is 0 Å².